The predicted octanol–water partition coefficient (Wildman–Crippen LogP) is 5.31. The highest BCUT2D eigenvalue weighted by molar-refractivity contribution is 6.00. The van der Waals surface area contributed by atoms with Gasteiger partial charge in [-0.2, -0.15) is 0 Å². The second-order valence-corrected chi connectivity index (χ2v) is 7.17. The number of fused-ring (bicyclic) bond motifs is 1. The van der Waals surface area contributed by atoms with Gasteiger partial charge in [0.15, 0.2) is 0 Å². The van der Waals surface area contributed by atoms with Gasteiger partial charge >= 0.3 is 6.03 Å². The van der Waals surface area contributed by atoms with Crippen molar-refractivity contribution in [2.45, 2.75) is 19.8 Å². The lowest BCUT2D eigenvalue weighted by molar-refractivity contribution is 0.262. The molecule has 0 unspecified atom stereocenters. The Balaban J connectivity index is 1.36. The molecule has 0 saturated carbocycles. The van der Waals surface area contributed by atoms with Crippen molar-refractivity contribution in [1.29, 1.82) is 0 Å². The second kappa shape index (κ2) is 8.19. The third-order valence-electron chi connectivity index (χ3n) is 5.12. The van der Waals surface area contributed by atoms with Gasteiger partial charge in [0.25, 0.3) is 0 Å². The molecule has 0 bridgehead atoms. The number of hydrogen-bond donors (Lipinski definition) is 2. The van der Waals surface area contributed by atoms with Gasteiger partial charge in [0, 0.05) is 24.8 Å². The Kier molecular flexibility index (Phi) is 5.29. The minimum atomic E-state index is -0.244. The Morgan fingerprint density at radius 3 is 2.38 bits per heavy atom. The minimum absolute atomic E-state index is 0.244. The SMILES string of the molecule is Cc1ccccc1NC(=O)Nc1ccc(CCc2nc3ccccc3n2C)cc1. The molecule has 146 valence electrons. The first-order valence-electron chi connectivity index (χ1n) is 9.73. The van der Waals surface area contributed by atoms with Gasteiger partial charge in [0.1, 0.15) is 5.82 Å². The number of aromatic nitrogens is 2. The van der Waals surface area contributed by atoms with Crippen molar-refractivity contribution in [2.75, 3.05) is 10.6 Å². The Morgan fingerprint density at radius 1 is 0.897 bits per heavy atom. The summed E-state index contributed by atoms with van der Waals surface area (Å²) in [5, 5.41) is 5.76. The molecule has 0 fully saturated rings. The summed E-state index contributed by atoms with van der Waals surface area (Å²) < 4.78 is 2.15. The zero-order valence-electron chi connectivity index (χ0n) is 16.6. The topological polar surface area (TPSA) is 59.0 Å². The first kappa shape index (κ1) is 18.7. The molecule has 1 heterocycles. The number of nitrogens with one attached hydrogen (secondary N) is 2. The van der Waals surface area contributed by atoms with Crippen LogP contribution in [0.25, 0.3) is 11.0 Å². The minimum Gasteiger partial charge on any atom is -0.331 e. The fourth-order valence-electron chi connectivity index (χ4n) is 3.43. The molecule has 0 aliphatic heterocycles. The lowest BCUT2D eigenvalue weighted by atomic mass is 10.1. The van der Waals surface area contributed by atoms with E-state index in [1.807, 2.05) is 73.7 Å². The van der Waals surface area contributed by atoms with Crippen molar-refractivity contribution in [3.63, 3.8) is 0 Å². The zero-order chi connectivity index (χ0) is 20.2. The van der Waals surface area contributed by atoms with Gasteiger partial charge in [-0.1, -0.05) is 42.5 Å². The quantitative estimate of drug-likeness (QED) is 0.490. The number of benzene rings is 3. The number of urea groups is 1. The average molecular weight is 384 g/mol. The molecule has 2 N–H and O–H groups in total. The third kappa shape index (κ3) is 4.29. The van der Waals surface area contributed by atoms with Crippen molar-refractivity contribution < 1.29 is 4.79 Å². The van der Waals surface area contributed by atoms with Gasteiger partial charge in [-0.15, -0.1) is 0 Å². The van der Waals surface area contributed by atoms with Crippen LogP contribution in [0.4, 0.5) is 16.2 Å². The van der Waals surface area contributed by atoms with Crippen LogP contribution in [0.2, 0.25) is 0 Å². The van der Waals surface area contributed by atoms with E-state index in [0.29, 0.717) is 0 Å². The number of rotatable bonds is 5. The zero-order valence-corrected chi connectivity index (χ0v) is 16.6. The van der Waals surface area contributed by atoms with Crippen molar-refractivity contribution in [1.82, 2.24) is 9.55 Å². The van der Waals surface area contributed by atoms with E-state index in [9.17, 15) is 4.79 Å². The molecule has 0 radical (unpaired) electrons. The van der Waals surface area contributed by atoms with E-state index in [1.54, 1.807) is 0 Å². The smallest absolute Gasteiger partial charge is 0.323 e. The van der Waals surface area contributed by atoms with Crippen LogP contribution in [0.3, 0.4) is 0 Å². The maximum absolute atomic E-state index is 12.2. The highest BCUT2D eigenvalue weighted by Gasteiger charge is 2.08. The number of nitrogens with zero attached hydrogens (tertiary/aromatic N) is 2. The molecule has 4 rings (SSSR count). The predicted molar refractivity (Wildman–Crippen MR) is 118 cm³/mol. The largest absolute Gasteiger partial charge is 0.331 e. The first-order valence-corrected chi connectivity index (χ1v) is 9.73. The van der Waals surface area contributed by atoms with Gasteiger partial charge in [-0.3, -0.25) is 0 Å². The maximum atomic E-state index is 12.2. The standard InChI is InChI=1S/C24H24N4O/c1-17-7-3-4-8-20(17)27-24(29)25-19-14-11-18(12-15-19)13-16-23-26-21-9-5-6-10-22(21)28(23)2/h3-12,14-15H,13,16H2,1-2H3,(H2,25,27,29). The molecule has 0 atom stereocenters. The van der Waals surface area contributed by atoms with Crippen LogP contribution in [-0.2, 0) is 19.9 Å². The van der Waals surface area contributed by atoms with E-state index in [0.717, 1.165) is 46.6 Å². The molecule has 0 saturated heterocycles. The summed E-state index contributed by atoms with van der Waals surface area (Å²) in [6.45, 7) is 1.97. The first-order chi connectivity index (χ1) is 14.1. The monoisotopic (exact) mass is 384 g/mol. The Hall–Kier alpha value is -3.60. The van der Waals surface area contributed by atoms with Crippen LogP contribution in [0.5, 0.6) is 0 Å². The van der Waals surface area contributed by atoms with Crippen molar-refractivity contribution >= 4 is 28.4 Å². The molecule has 0 aliphatic carbocycles. The Labute approximate surface area is 170 Å². The van der Waals surface area contributed by atoms with Crippen molar-refractivity contribution in [3.05, 3.63) is 89.7 Å². The normalized spacial score (nSPS) is 10.8. The molecule has 29 heavy (non-hydrogen) atoms. The third-order valence-corrected chi connectivity index (χ3v) is 5.12. The molecule has 1 aromatic heterocycles. The van der Waals surface area contributed by atoms with E-state index in [1.165, 1.54) is 5.56 Å². The highest BCUT2D eigenvalue weighted by Crippen LogP contribution is 2.18. The molecule has 4 aromatic rings. The van der Waals surface area contributed by atoms with Gasteiger partial charge in [-0.25, -0.2) is 9.78 Å². The molecule has 0 aliphatic rings. The fourth-order valence-corrected chi connectivity index (χ4v) is 3.43. The molecule has 2 amide bonds. The Morgan fingerprint density at radius 2 is 1.62 bits per heavy atom. The molecular formula is C24H24N4O. The number of aryl methyl sites for hydroxylation is 4. The summed E-state index contributed by atoms with van der Waals surface area (Å²) in [5.74, 6) is 1.08. The van der Waals surface area contributed by atoms with Crippen LogP contribution in [0.1, 0.15) is 17.0 Å². The fraction of sp³-hybridized carbons (Fsp3) is 0.167. The van der Waals surface area contributed by atoms with Crippen LogP contribution in [0.15, 0.2) is 72.8 Å². The van der Waals surface area contributed by atoms with Crippen LogP contribution in [-0.4, -0.2) is 15.6 Å². The maximum Gasteiger partial charge on any atom is 0.323 e. The summed E-state index contributed by atoms with van der Waals surface area (Å²) in [5.41, 5.74) is 6.00. The number of amides is 2. The van der Waals surface area contributed by atoms with E-state index < -0.39 is 0 Å². The number of imidazole rings is 1. The molecule has 5 heteroatoms. The number of carbonyl (C=O) groups excluding carboxylic acids is 1. The van der Waals surface area contributed by atoms with Crippen LogP contribution < -0.4 is 10.6 Å². The van der Waals surface area contributed by atoms with E-state index in [4.69, 9.17) is 4.98 Å². The summed E-state index contributed by atoms with van der Waals surface area (Å²) in [4.78, 5) is 16.9. The van der Waals surface area contributed by atoms with Crippen LogP contribution in [0, 0.1) is 6.92 Å². The molecule has 0 spiro atoms. The lowest BCUT2D eigenvalue weighted by Crippen LogP contribution is -2.19. The van der Waals surface area contributed by atoms with Crippen molar-refractivity contribution in [2.24, 2.45) is 7.05 Å². The Bertz CT molecular complexity index is 1150. The van der Waals surface area contributed by atoms with Gasteiger partial charge in [0.2, 0.25) is 0 Å². The highest BCUT2D eigenvalue weighted by atomic mass is 16.2. The number of hydrogen-bond acceptors (Lipinski definition) is 2. The average Bonchev–Trinajstić information content (AvgIpc) is 3.05. The van der Waals surface area contributed by atoms with Gasteiger partial charge in [0.05, 0.1) is 11.0 Å². The van der Waals surface area contributed by atoms with Gasteiger partial charge < -0.3 is 15.2 Å². The second-order valence-electron chi connectivity index (χ2n) is 7.17. The van der Waals surface area contributed by atoms with E-state index in [-0.39, 0.29) is 6.03 Å². The summed E-state index contributed by atoms with van der Waals surface area (Å²) in [7, 11) is 2.06. The summed E-state index contributed by atoms with van der Waals surface area (Å²) in [6, 6.07) is 23.6. The number of para-hydroxylation sites is 3. The van der Waals surface area contributed by atoms with E-state index in [2.05, 4.69) is 28.3 Å². The lowest BCUT2D eigenvalue weighted by Gasteiger charge is -2.10. The molecular weight excluding hydrogens is 360 g/mol. The number of anilines is 2. The number of carbonyl (C=O) groups is 1. The summed E-state index contributed by atoms with van der Waals surface area (Å²) >= 11 is 0. The molecule has 5 nitrogen and oxygen atoms in total. The molecule has 3 aromatic carbocycles. The van der Waals surface area contributed by atoms with Gasteiger partial charge in [-0.05, 0) is 54.8 Å². The summed E-state index contributed by atoms with van der Waals surface area (Å²) in [6.07, 6.45) is 1.76. The van der Waals surface area contributed by atoms with E-state index >= 15 is 0 Å². The van der Waals surface area contributed by atoms with Crippen molar-refractivity contribution in [3.8, 4) is 0 Å². The van der Waals surface area contributed by atoms with Crippen LogP contribution >= 0.6 is 0 Å².